The summed E-state index contributed by atoms with van der Waals surface area (Å²) in [5.74, 6) is 0.762. The van der Waals surface area contributed by atoms with Gasteiger partial charge in [-0.1, -0.05) is 38.3 Å². The van der Waals surface area contributed by atoms with Gasteiger partial charge in [0, 0.05) is 35.8 Å². The summed E-state index contributed by atoms with van der Waals surface area (Å²) < 4.78 is 0. The Morgan fingerprint density at radius 1 is 1.39 bits per heavy atom. The molecule has 0 atom stereocenters. The summed E-state index contributed by atoms with van der Waals surface area (Å²) >= 11 is 1.66. The van der Waals surface area contributed by atoms with Crippen molar-refractivity contribution in [2.24, 2.45) is 21.6 Å². The Hall–Kier alpha value is -2.54. The molecular formula is C24H33N5OS. The number of carbonyl (C=O) groups is 1. The number of allylic oxidation sites excluding steroid dienone is 1. The molecule has 1 aliphatic carbocycles. The maximum absolute atomic E-state index is 11.9. The number of aliphatic imine (C=N–C) groups is 2. The third-order valence-corrected chi connectivity index (χ3v) is 6.62. The molecule has 0 saturated carbocycles. The summed E-state index contributed by atoms with van der Waals surface area (Å²) in [4.78, 5) is 24.5. The minimum absolute atomic E-state index is 0.0189. The van der Waals surface area contributed by atoms with Crippen LogP contribution >= 0.6 is 11.8 Å². The normalized spacial score (nSPS) is 18.4. The number of aryl methyl sites for hydroxylation is 3. The lowest BCUT2D eigenvalue weighted by atomic mass is 10.1. The Bertz CT molecular complexity index is 957. The molecule has 166 valence electrons. The molecule has 1 aliphatic heterocycles. The van der Waals surface area contributed by atoms with E-state index in [0.717, 1.165) is 18.0 Å². The smallest absolute Gasteiger partial charge is 0.222 e. The van der Waals surface area contributed by atoms with Crippen molar-refractivity contribution in [3.63, 3.8) is 0 Å². The summed E-state index contributed by atoms with van der Waals surface area (Å²) in [6.45, 7) is 12.8. The fourth-order valence-corrected chi connectivity index (χ4v) is 4.81. The molecule has 1 aromatic carbocycles. The van der Waals surface area contributed by atoms with Crippen LogP contribution in [0.4, 0.5) is 0 Å². The molecule has 0 aromatic heterocycles. The Morgan fingerprint density at radius 3 is 2.74 bits per heavy atom. The van der Waals surface area contributed by atoms with E-state index in [1.54, 1.807) is 11.8 Å². The first-order chi connectivity index (χ1) is 14.8. The molecule has 3 rings (SSSR count). The lowest BCUT2D eigenvalue weighted by Gasteiger charge is -2.21. The van der Waals surface area contributed by atoms with E-state index in [1.165, 1.54) is 40.6 Å². The largest absolute Gasteiger partial charge is 0.400 e. The molecular weight excluding hydrogens is 406 g/mol. The average molecular weight is 440 g/mol. The lowest BCUT2D eigenvalue weighted by molar-refractivity contribution is -0.123. The summed E-state index contributed by atoms with van der Waals surface area (Å²) in [7, 11) is 0. The van der Waals surface area contributed by atoms with E-state index in [-0.39, 0.29) is 11.8 Å². The molecule has 1 aromatic rings. The van der Waals surface area contributed by atoms with Gasteiger partial charge in [-0.25, -0.2) is 9.98 Å². The van der Waals surface area contributed by atoms with Crippen molar-refractivity contribution in [1.29, 1.82) is 0 Å². The number of nitrogens with one attached hydrogen (secondary N) is 1. The van der Waals surface area contributed by atoms with Crippen molar-refractivity contribution in [2.75, 3.05) is 13.1 Å². The molecule has 0 spiro atoms. The van der Waals surface area contributed by atoms with Gasteiger partial charge in [0.05, 0.1) is 0 Å². The second-order valence-corrected chi connectivity index (χ2v) is 9.36. The van der Waals surface area contributed by atoms with Crippen LogP contribution in [0.5, 0.6) is 0 Å². The Morgan fingerprint density at radius 2 is 2.10 bits per heavy atom. The van der Waals surface area contributed by atoms with Gasteiger partial charge in [-0.15, -0.1) is 0 Å². The average Bonchev–Trinajstić information content (AvgIpc) is 3.30. The highest BCUT2D eigenvalue weighted by atomic mass is 32.2. The van der Waals surface area contributed by atoms with Crippen molar-refractivity contribution >= 4 is 28.7 Å². The maximum atomic E-state index is 11.9. The number of hydrogen-bond acceptors (Lipinski definition) is 5. The number of fused-ring (bicyclic) bond motifs is 1. The van der Waals surface area contributed by atoms with Gasteiger partial charge in [0.1, 0.15) is 5.70 Å². The molecule has 2 aliphatic rings. The van der Waals surface area contributed by atoms with E-state index >= 15 is 0 Å². The van der Waals surface area contributed by atoms with Crippen LogP contribution in [0.1, 0.15) is 50.3 Å². The van der Waals surface area contributed by atoms with Crippen LogP contribution in [0.2, 0.25) is 0 Å². The number of thioether (sulfide) groups is 1. The van der Waals surface area contributed by atoms with Gasteiger partial charge in [-0.2, -0.15) is 0 Å². The Labute approximate surface area is 189 Å². The van der Waals surface area contributed by atoms with E-state index in [0.29, 0.717) is 30.3 Å². The predicted molar refractivity (Wildman–Crippen MR) is 130 cm³/mol. The highest BCUT2D eigenvalue weighted by molar-refractivity contribution is 8.14. The number of amidine groups is 2. The van der Waals surface area contributed by atoms with E-state index in [2.05, 4.69) is 40.8 Å². The van der Waals surface area contributed by atoms with Gasteiger partial charge >= 0.3 is 0 Å². The zero-order chi connectivity index (χ0) is 22.5. The van der Waals surface area contributed by atoms with Crippen molar-refractivity contribution in [1.82, 2.24) is 10.2 Å². The number of nitrogens with zero attached hydrogens (tertiary/aromatic N) is 3. The summed E-state index contributed by atoms with van der Waals surface area (Å²) in [6, 6.07) is 4.63. The Balaban J connectivity index is 1.82. The number of amides is 1. The first-order valence-corrected chi connectivity index (χ1v) is 11.7. The molecule has 31 heavy (non-hydrogen) atoms. The second-order valence-electron chi connectivity index (χ2n) is 8.35. The van der Waals surface area contributed by atoms with Crippen LogP contribution < -0.4 is 11.1 Å². The summed E-state index contributed by atoms with van der Waals surface area (Å²) in [5.41, 5.74) is 11.6. The zero-order valence-corrected chi connectivity index (χ0v) is 19.8. The number of hydrogen-bond donors (Lipinski definition) is 2. The van der Waals surface area contributed by atoms with Gasteiger partial charge in [0.15, 0.2) is 11.0 Å². The van der Waals surface area contributed by atoms with Crippen molar-refractivity contribution < 1.29 is 4.79 Å². The minimum atomic E-state index is -0.0189. The third-order valence-electron chi connectivity index (χ3n) is 5.47. The van der Waals surface area contributed by atoms with Crippen LogP contribution in [0.3, 0.4) is 0 Å². The van der Waals surface area contributed by atoms with Crippen LogP contribution in [-0.2, 0) is 17.6 Å². The van der Waals surface area contributed by atoms with Crippen molar-refractivity contribution in [2.45, 2.75) is 58.3 Å². The van der Waals surface area contributed by atoms with Crippen LogP contribution in [0.25, 0.3) is 0 Å². The molecule has 6 nitrogen and oxygen atoms in total. The quantitative estimate of drug-likeness (QED) is 0.626. The maximum Gasteiger partial charge on any atom is 0.222 e. The molecule has 0 radical (unpaired) electrons. The summed E-state index contributed by atoms with van der Waals surface area (Å²) in [5, 5.41) is 3.84. The van der Waals surface area contributed by atoms with E-state index in [1.807, 2.05) is 20.8 Å². The molecule has 0 fully saturated rings. The second kappa shape index (κ2) is 10.2. The van der Waals surface area contributed by atoms with Crippen LogP contribution in [0, 0.1) is 12.8 Å². The highest BCUT2D eigenvalue weighted by Crippen LogP contribution is 2.35. The molecule has 7 heteroatoms. The van der Waals surface area contributed by atoms with Gasteiger partial charge < -0.3 is 16.0 Å². The van der Waals surface area contributed by atoms with Gasteiger partial charge in [-0.05, 0) is 62.3 Å². The topological polar surface area (TPSA) is 83.1 Å². The predicted octanol–water partition coefficient (Wildman–Crippen LogP) is 4.14. The fraction of sp³-hybridized carbons (Fsp3) is 0.458. The molecule has 0 unspecified atom stereocenters. The van der Waals surface area contributed by atoms with Crippen LogP contribution in [0.15, 0.2) is 51.2 Å². The molecule has 1 heterocycles. The van der Waals surface area contributed by atoms with E-state index in [9.17, 15) is 4.79 Å². The first kappa shape index (κ1) is 23.1. The monoisotopic (exact) mass is 439 g/mol. The molecule has 3 N–H and O–H groups in total. The fourth-order valence-electron chi connectivity index (χ4n) is 3.77. The van der Waals surface area contributed by atoms with E-state index < -0.39 is 0 Å². The molecule has 1 amide bonds. The summed E-state index contributed by atoms with van der Waals surface area (Å²) in [6.07, 6.45) is 5.84. The third kappa shape index (κ3) is 5.39. The molecule has 0 bridgehead atoms. The highest BCUT2D eigenvalue weighted by Gasteiger charge is 2.30. The van der Waals surface area contributed by atoms with Gasteiger partial charge in [-0.3, -0.25) is 4.79 Å². The standard InChI is InChI=1S/C24H33N5OS/c1-6-26-22-21(17(5)25)28-24(29(22)12-8-11-27-23(30)15(2)3)31-20-14-19-10-7-9-18(19)13-16(20)4/h6,13-15H,1,7-12,25H2,2-5H3,(H,27,30)/b21-17-,26-22+. The molecule has 0 saturated heterocycles. The number of benzene rings is 1. The van der Waals surface area contributed by atoms with Crippen molar-refractivity contribution in [3.05, 3.63) is 53.0 Å². The zero-order valence-electron chi connectivity index (χ0n) is 19.0. The van der Waals surface area contributed by atoms with E-state index in [4.69, 9.17) is 10.7 Å². The number of carbonyl (C=O) groups excluding carboxylic acids is 1. The van der Waals surface area contributed by atoms with Gasteiger partial charge in [0.2, 0.25) is 5.91 Å². The Kier molecular flexibility index (Phi) is 7.59. The van der Waals surface area contributed by atoms with Crippen LogP contribution in [-0.4, -0.2) is 34.9 Å². The number of rotatable bonds is 7. The number of nitrogens with two attached hydrogens (primary N) is 1. The SMILES string of the molecule is C=C/N=C1\C(=C(/C)N)N=C(Sc2cc3c(cc2C)CCC3)N1CCCNC(=O)C(C)C. The van der Waals surface area contributed by atoms with Crippen molar-refractivity contribution in [3.8, 4) is 0 Å². The first-order valence-electron chi connectivity index (χ1n) is 10.9. The van der Waals surface area contributed by atoms with Gasteiger partial charge in [0.25, 0.3) is 0 Å². The minimum Gasteiger partial charge on any atom is -0.400 e. The lowest BCUT2D eigenvalue weighted by Crippen LogP contribution is -2.35.